The zero-order valence-electron chi connectivity index (χ0n) is 16.3. The number of carboxylic acids is 1. The van der Waals surface area contributed by atoms with Gasteiger partial charge in [-0.25, -0.2) is 0 Å². The summed E-state index contributed by atoms with van der Waals surface area (Å²) in [6.07, 6.45) is 2.90. The van der Waals surface area contributed by atoms with Crippen molar-refractivity contribution >= 4 is 11.9 Å². The Balaban J connectivity index is 1.65. The number of carbonyl (C=O) groups is 2. The van der Waals surface area contributed by atoms with Crippen LogP contribution in [0.15, 0.2) is 54.6 Å². The summed E-state index contributed by atoms with van der Waals surface area (Å²) in [5.74, 6) is -0.121. The van der Waals surface area contributed by atoms with Crippen LogP contribution in [0.2, 0.25) is 0 Å². The average Bonchev–Trinajstić information content (AvgIpc) is 2.74. The number of aliphatic carboxylic acids is 1. The number of hydrogen-bond acceptors (Lipinski definition) is 3. The highest BCUT2D eigenvalue weighted by Crippen LogP contribution is 2.36. The zero-order valence-corrected chi connectivity index (χ0v) is 16.3. The van der Waals surface area contributed by atoms with Crippen LogP contribution >= 0.6 is 0 Å². The van der Waals surface area contributed by atoms with Crippen molar-refractivity contribution < 1.29 is 19.4 Å². The molecule has 28 heavy (non-hydrogen) atoms. The van der Waals surface area contributed by atoms with Gasteiger partial charge in [-0.15, -0.1) is 0 Å². The Kier molecular flexibility index (Phi) is 6.34. The second-order valence-electron chi connectivity index (χ2n) is 7.27. The minimum atomic E-state index is -0.922. The van der Waals surface area contributed by atoms with Crippen molar-refractivity contribution in [3.63, 3.8) is 0 Å². The lowest BCUT2D eigenvalue weighted by molar-refractivity contribution is -0.145. The summed E-state index contributed by atoms with van der Waals surface area (Å²) in [5, 5.41) is 9.89. The molecule has 1 fully saturated rings. The van der Waals surface area contributed by atoms with Crippen molar-refractivity contribution in [2.24, 2.45) is 0 Å². The standard InChI is InChI=1S/C23H27NO4/c1-2-3-17-28-20-11-9-18(10-12-20)21(25)24-15-13-23(14-16-24,22(26)27)19-7-5-4-6-8-19/h4-12H,2-3,13-17H2,1H3,(H,26,27). The Morgan fingerprint density at radius 2 is 1.68 bits per heavy atom. The molecular formula is C23H27NO4. The minimum Gasteiger partial charge on any atom is -0.494 e. The summed E-state index contributed by atoms with van der Waals surface area (Å²) in [4.78, 5) is 26.6. The van der Waals surface area contributed by atoms with Gasteiger partial charge in [-0.1, -0.05) is 43.7 Å². The number of carbonyl (C=O) groups excluding carboxylic acids is 1. The van der Waals surface area contributed by atoms with E-state index >= 15 is 0 Å². The van der Waals surface area contributed by atoms with Crippen molar-refractivity contribution in [1.29, 1.82) is 0 Å². The van der Waals surface area contributed by atoms with E-state index < -0.39 is 11.4 Å². The molecule has 0 saturated carbocycles. The molecule has 0 aliphatic carbocycles. The molecule has 1 saturated heterocycles. The maximum Gasteiger partial charge on any atom is 0.314 e. The van der Waals surface area contributed by atoms with Crippen molar-refractivity contribution in [1.82, 2.24) is 4.90 Å². The highest BCUT2D eigenvalue weighted by molar-refractivity contribution is 5.94. The molecule has 2 aromatic carbocycles. The van der Waals surface area contributed by atoms with Gasteiger partial charge in [0.2, 0.25) is 0 Å². The Morgan fingerprint density at radius 1 is 1.04 bits per heavy atom. The van der Waals surface area contributed by atoms with Gasteiger partial charge in [-0.3, -0.25) is 9.59 Å². The smallest absolute Gasteiger partial charge is 0.314 e. The van der Waals surface area contributed by atoms with Crippen LogP contribution in [-0.4, -0.2) is 41.6 Å². The van der Waals surface area contributed by atoms with Crippen LogP contribution in [0.25, 0.3) is 0 Å². The lowest BCUT2D eigenvalue weighted by atomic mass is 9.73. The van der Waals surface area contributed by atoms with Crippen LogP contribution in [0.5, 0.6) is 5.75 Å². The molecule has 2 aromatic rings. The zero-order chi connectivity index (χ0) is 20.0. The first-order valence-corrected chi connectivity index (χ1v) is 9.88. The number of amides is 1. The lowest BCUT2D eigenvalue weighted by Gasteiger charge is -2.39. The summed E-state index contributed by atoms with van der Waals surface area (Å²) >= 11 is 0. The molecule has 1 aliphatic rings. The number of unbranched alkanes of at least 4 members (excludes halogenated alkanes) is 1. The molecule has 1 N–H and O–H groups in total. The first-order chi connectivity index (χ1) is 13.6. The number of rotatable bonds is 7. The summed E-state index contributed by atoms with van der Waals surface area (Å²) in [5.41, 5.74) is 0.489. The fourth-order valence-corrected chi connectivity index (χ4v) is 3.69. The van der Waals surface area contributed by atoms with Crippen LogP contribution in [0.4, 0.5) is 0 Å². The number of benzene rings is 2. The molecule has 0 aromatic heterocycles. The molecule has 148 valence electrons. The molecular weight excluding hydrogens is 354 g/mol. The number of hydrogen-bond donors (Lipinski definition) is 1. The number of likely N-dealkylation sites (tertiary alicyclic amines) is 1. The average molecular weight is 381 g/mol. The van der Waals surface area contributed by atoms with Gasteiger partial charge in [0.05, 0.1) is 12.0 Å². The van der Waals surface area contributed by atoms with Crippen molar-refractivity contribution in [2.75, 3.05) is 19.7 Å². The third-order valence-electron chi connectivity index (χ3n) is 5.51. The summed E-state index contributed by atoms with van der Waals surface area (Å²) in [6, 6.07) is 16.5. The van der Waals surface area contributed by atoms with Crippen LogP contribution in [0.3, 0.4) is 0 Å². The summed E-state index contributed by atoms with van der Waals surface area (Å²) in [7, 11) is 0. The van der Waals surface area contributed by atoms with Crippen molar-refractivity contribution in [2.45, 2.75) is 38.0 Å². The first-order valence-electron chi connectivity index (χ1n) is 9.88. The Hall–Kier alpha value is -2.82. The summed E-state index contributed by atoms with van der Waals surface area (Å²) in [6.45, 7) is 3.64. The lowest BCUT2D eigenvalue weighted by Crippen LogP contribution is -2.49. The van der Waals surface area contributed by atoms with Gasteiger partial charge in [0, 0.05) is 18.7 Å². The first kappa shape index (κ1) is 19.9. The van der Waals surface area contributed by atoms with Gasteiger partial charge in [0.15, 0.2) is 0 Å². The fraction of sp³-hybridized carbons (Fsp3) is 0.391. The van der Waals surface area contributed by atoms with Crippen LogP contribution < -0.4 is 4.74 Å². The molecule has 1 heterocycles. The molecule has 0 atom stereocenters. The molecule has 1 aliphatic heterocycles. The topological polar surface area (TPSA) is 66.8 Å². The highest BCUT2D eigenvalue weighted by atomic mass is 16.5. The van der Waals surface area contributed by atoms with E-state index in [1.165, 1.54) is 0 Å². The maximum absolute atomic E-state index is 12.8. The van der Waals surface area contributed by atoms with Gasteiger partial charge in [-0.05, 0) is 49.1 Å². The largest absolute Gasteiger partial charge is 0.494 e. The van der Waals surface area contributed by atoms with Crippen LogP contribution in [0.1, 0.15) is 48.5 Å². The predicted molar refractivity (Wildman–Crippen MR) is 108 cm³/mol. The van der Waals surface area contributed by atoms with Gasteiger partial charge < -0.3 is 14.7 Å². The van der Waals surface area contributed by atoms with E-state index in [9.17, 15) is 14.7 Å². The van der Waals surface area contributed by atoms with E-state index in [0.29, 0.717) is 38.1 Å². The quantitative estimate of drug-likeness (QED) is 0.733. The number of carboxylic acid groups (broad SMARTS) is 1. The van der Waals surface area contributed by atoms with Gasteiger partial charge in [0.1, 0.15) is 5.75 Å². The van der Waals surface area contributed by atoms with Gasteiger partial charge in [-0.2, -0.15) is 0 Å². The predicted octanol–water partition coefficient (Wildman–Crippen LogP) is 4.12. The molecule has 5 heteroatoms. The molecule has 0 radical (unpaired) electrons. The van der Waals surface area contributed by atoms with Gasteiger partial charge >= 0.3 is 5.97 Å². The number of piperidine rings is 1. The number of ether oxygens (including phenoxy) is 1. The third kappa shape index (κ3) is 4.19. The van der Waals surface area contributed by atoms with Crippen molar-refractivity contribution in [3.8, 4) is 5.75 Å². The Labute approximate surface area is 165 Å². The normalized spacial score (nSPS) is 15.8. The van der Waals surface area contributed by atoms with Crippen LogP contribution in [-0.2, 0) is 10.2 Å². The molecule has 1 amide bonds. The number of nitrogens with zero attached hydrogens (tertiary/aromatic N) is 1. The Bertz CT molecular complexity index is 793. The van der Waals surface area contributed by atoms with E-state index in [-0.39, 0.29) is 5.91 Å². The molecule has 5 nitrogen and oxygen atoms in total. The SMILES string of the molecule is CCCCOc1ccc(C(=O)N2CCC(C(=O)O)(c3ccccc3)CC2)cc1. The van der Waals surface area contributed by atoms with E-state index in [1.807, 2.05) is 42.5 Å². The minimum absolute atomic E-state index is 0.0628. The highest BCUT2D eigenvalue weighted by Gasteiger charge is 2.43. The monoisotopic (exact) mass is 381 g/mol. The van der Waals surface area contributed by atoms with Crippen molar-refractivity contribution in [3.05, 3.63) is 65.7 Å². The molecule has 3 rings (SSSR count). The van der Waals surface area contributed by atoms with Crippen LogP contribution in [0, 0.1) is 0 Å². The summed E-state index contributed by atoms with van der Waals surface area (Å²) < 4.78 is 5.64. The van der Waals surface area contributed by atoms with E-state index in [2.05, 4.69) is 6.92 Å². The van der Waals surface area contributed by atoms with E-state index in [1.54, 1.807) is 17.0 Å². The second kappa shape index (κ2) is 8.91. The molecule has 0 spiro atoms. The maximum atomic E-state index is 12.8. The Morgan fingerprint density at radius 3 is 2.25 bits per heavy atom. The second-order valence-corrected chi connectivity index (χ2v) is 7.27. The molecule has 0 unspecified atom stereocenters. The third-order valence-corrected chi connectivity index (χ3v) is 5.51. The fourth-order valence-electron chi connectivity index (χ4n) is 3.69. The molecule has 0 bridgehead atoms. The van der Waals surface area contributed by atoms with Gasteiger partial charge in [0.25, 0.3) is 5.91 Å². The van der Waals surface area contributed by atoms with E-state index in [4.69, 9.17) is 4.74 Å². The van der Waals surface area contributed by atoms with E-state index in [0.717, 1.165) is 24.2 Å².